The molecule has 1 aromatic rings. The van der Waals surface area contributed by atoms with Crippen LogP contribution in [0.4, 0.5) is 0 Å². The molecule has 0 amide bonds. The van der Waals surface area contributed by atoms with E-state index in [9.17, 15) is 13.2 Å². The van der Waals surface area contributed by atoms with E-state index in [0.29, 0.717) is 5.56 Å². The van der Waals surface area contributed by atoms with Gasteiger partial charge in [-0.3, -0.25) is 0 Å². The van der Waals surface area contributed by atoms with Gasteiger partial charge in [0.15, 0.2) is 9.84 Å². The van der Waals surface area contributed by atoms with Crippen LogP contribution in [0.2, 0.25) is 0 Å². The Morgan fingerprint density at radius 2 is 2.06 bits per heavy atom. The van der Waals surface area contributed by atoms with Crippen LogP contribution in [0.3, 0.4) is 0 Å². The van der Waals surface area contributed by atoms with Crippen LogP contribution in [0.15, 0.2) is 18.2 Å². The Hall–Kier alpha value is -1.56. The quantitative estimate of drug-likeness (QED) is 0.861. The smallest absolute Gasteiger partial charge is 0.339 e. The summed E-state index contributed by atoms with van der Waals surface area (Å²) >= 11 is 0. The van der Waals surface area contributed by atoms with Gasteiger partial charge in [-0.2, -0.15) is 0 Å². The number of aromatic carboxylic acids is 1. The number of ether oxygens (including phenoxy) is 1. The third-order valence-corrected chi connectivity index (χ3v) is 3.97. The van der Waals surface area contributed by atoms with Crippen LogP contribution >= 0.6 is 0 Å². The molecule has 94 valence electrons. The standard InChI is InChI=1S/C11H14O5S/c1-3-17(14,15)7-8-4-5-10(16-2)9(6-8)11(12)13/h4-6H,3,7H2,1-2H3,(H,12,13). The second-order valence-electron chi connectivity index (χ2n) is 3.52. The first-order chi connectivity index (χ1) is 7.89. The van der Waals surface area contributed by atoms with E-state index < -0.39 is 15.8 Å². The van der Waals surface area contributed by atoms with Crippen molar-refractivity contribution in [2.75, 3.05) is 12.9 Å². The van der Waals surface area contributed by atoms with E-state index in [-0.39, 0.29) is 22.8 Å². The van der Waals surface area contributed by atoms with Gasteiger partial charge in [-0.15, -0.1) is 0 Å². The molecule has 0 bridgehead atoms. The minimum atomic E-state index is -3.17. The molecule has 0 aliphatic carbocycles. The summed E-state index contributed by atoms with van der Waals surface area (Å²) in [6.07, 6.45) is 0. The number of sulfone groups is 1. The van der Waals surface area contributed by atoms with Crippen LogP contribution in [0, 0.1) is 0 Å². The minimum Gasteiger partial charge on any atom is -0.496 e. The summed E-state index contributed by atoms with van der Waals surface area (Å²) in [7, 11) is -1.80. The van der Waals surface area contributed by atoms with Crippen molar-refractivity contribution in [1.82, 2.24) is 0 Å². The predicted molar refractivity (Wildman–Crippen MR) is 63.1 cm³/mol. The van der Waals surface area contributed by atoms with Crippen LogP contribution < -0.4 is 4.74 Å². The third kappa shape index (κ3) is 3.45. The molecular weight excluding hydrogens is 244 g/mol. The fourth-order valence-corrected chi connectivity index (χ4v) is 2.26. The van der Waals surface area contributed by atoms with Crippen LogP contribution in [-0.2, 0) is 15.6 Å². The lowest BCUT2D eigenvalue weighted by Gasteiger charge is -2.07. The van der Waals surface area contributed by atoms with Crippen molar-refractivity contribution in [3.05, 3.63) is 29.3 Å². The first kappa shape index (κ1) is 13.5. The maximum absolute atomic E-state index is 11.4. The number of carboxylic acid groups (broad SMARTS) is 1. The summed E-state index contributed by atoms with van der Waals surface area (Å²) in [6, 6.07) is 4.34. The van der Waals surface area contributed by atoms with Gasteiger partial charge in [-0.25, -0.2) is 13.2 Å². The Kier molecular flexibility index (Phi) is 4.11. The summed E-state index contributed by atoms with van der Waals surface area (Å²) in [5.74, 6) is -1.05. The molecule has 0 spiro atoms. The Morgan fingerprint density at radius 3 is 2.53 bits per heavy atom. The summed E-state index contributed by atoms with van der Waals surface area (Å²) in [6.45, 7) is 1.55. The molecule has 1 rings (SSSR count). The van der Waals surface area contributed by atoms with E-state index in [4.69, 9.17) is 9.84 Å². The average Bonchev–Trinajstić information content (AvgIpc) is 2.28. The Morgan fingerprint density at radius 1 is 1.41 bits per heavy atom. The summed E-state index contributed by atoms with van der Waals surface area (Å²) in [5, 5.41) is 8.95. The van der Waals surface area contributed by atoms with Crippen molar-refractivity contribution in [1.29, 1.82) is 0 Å². The molecule has 6 heteroatoms. The molecule has 1 aromatic carbocycles. The van der Waals surface area contributed by atoms with Crippen molar-refractivity contribution < 1.29 is 23.1 Å². The second kappa shape index (κ2) is 5.18. The molecule has 0 heterocycles. The number of carboxylic acids is 1. The highest BCUT2D eigenvalue weighted by Gasteiger charge is 2.14. The van der Waals surface area contributed by atoms with Gasteiger partial charge in [0.05, 0.1) is 12.9 Å². The molecule has 0 saturated heterocycles. The van der Waals surface area contributed by atoms with Gasteiger partial charge >= 0.3 is 5.97 Å². The van der Waals surface area contributed by atoms with Crippen molar-refractivity contribution in [2.24, 2.45) is 0 Å². The highest BCUT2D eigenvalue weighted by Crippen LogP contribution is 2.21. The molecule has 1 N–H and O–H groups in total. The fourth-order valence-electron chi connectivity index (χ4n) is 1.37. The molecular formula is C11H14O5S. The maximum atomic E-state index is 11.4. The van der Waals surface area contributed by atoms with Gasteiger partial charge in [0.1, 0.15) is 11.3 Å². The van der Waals surface area contributed by atoms with Crippen LogP contribution in [0.1, 0.15) is 22.8 Å². The SMILES string of the molecule is CCS(=O)(=O)Cc1ccc(OC)c(C(=O)O)c1. The topological polar surface area (TPSA) is 80.7 Å². The van der Waals surface area contributed by atoms with Crippen molar-refractivity contribution >= 4 is 15.8 Å². The van der Waals surface area contributed by atoms with Crippen molar-refractivity contribution in [2.45, 2.75) is 12.7 Å². The average molecular weight is 258 g/mol. The van der Waals surface area contributed by atoms with E-state index in [2.05, 4.69) is 0 Å². The highest BCUT2D eigenvalue weighted by atomic mass is 32.2. The Balaban J connectivity index is 3.13. The van der Waals surface area contributed by atoms with Crippen LogP contribution in [-0.4, -0.2) is 32.4 Å². The van der Waals surface area contributed by atoms with Gasteiger partial charge in [-0.1, -0.05) is 13.0 Å². The molecule has 0 fully saturated rings. The number of carbonyl (C=O) groups is 1. The van der Waals surface area contributed by atoms with E-state index in [0.717, 1.165) is 0 Å². The zero-order valence-electron chi connectivity index (χ0n) is 9.63. The summed E-state index contributed by atoms with van der Waals surface area (Å²) in [4.78, 5) is 10.9. The van der Waals surface area contributed by atoms with Crippen molar-refractivity contribution in [3.8, 4) is 5.75 Å². The number of rotatable bonds is 5. The van der Waals surface area contributed by atoms with E-state index in [1.165, 1.54) is 19.2 Å². The third-order valence-electron chi connectivity index (χ3n) is 2.32. The van der Waals surface area contributed by atoms with E-state index in [1.54, 1.807) is 13.0 Å². The van der Waals surface area contributed by atoms with E-state index in [1.807, 2.05) is 0 Å². The second-order valence-corrected chi connectivity index (χ2v) is 5.87. The molecule has 0 radical (unpaired) electrons. The monoisotopic (exact) mass is 258 g/mol. The fraction of sp³-hybridized carbons (Fsp3) is 0.364. The first-order valence-corrected chi connectivity index (χ1v) is 6.82. The normalized spacial score (nSPS) is 11.2. The highest BCUT2D eigenvalue weighted by molar-refractivity contribution is 7.90. The van der Waals surface area contributed by atoms with Gasteiger partial charge < -0.3 is 9.84 Å². The molecule has 17 heavy (non-hydrogen) atoms. The largest absolute Gasteiger partial charge is 0.496 e. The number of hydrogen-bond acceptors (Lipinski definition) is 4. The maximum Gasteiger partial charge on any atom is 0.339 e. The molecule has 0 aliphatic heterocycles. The van der Waals surface area contributed by atoms with Crippen LogP contribution in [0.25, 0.3) is 0 Å². The summed E-state index contributed by atoms with van der Waals surface area (Å²) in [5.41, 5.74) is 0.418. The Bertz CT molecular complexity index is 519. The zero-order chi connectivity index (χ0) is 13.1. The van der Waals surface area contributed by atoms with Gasteiger partial charge in [0, 0.05) is 5.75 Å². The molecule has 5 nitrogen and oxygen atoms in total. The lowest BCUT2D eigenvalue weighted by Crippen LogP contribution is -2.08. The summed E-state index contributed by atoms with van der Waals surface area (Å²) < 4.78 is 27.7. The van der Waals surface area contributed by atoms with E-state index >= 15 is 0 Å². The lowest BCUT2D eigenvalue weighted by molar-refractivity contribution is 0.0693. The molecule has 0 saturated carbocycles. The number of benzene rings is 1. The molecule has 0 aromatic heterocycles. The Labute approximate surface area is 100.0 Å². The molecule has 0 aliphatic rings. The van der Waals surface area contributed by atoms with Crippen molar-refractivity contribution in [3.63, 3.8) is 0 Å². The number of methoxy groups -OCH3 is 1. The predicted octanol–water partition coefficient (Wildman–Crippen LogP) is 1.33. The zero-order valence-corrected chi connectivity index (χ0v) is 10.5. The lowest BCUT2D eigenvalue weighted by atomic mass is 10.1. The van der Waals surface area contributed by atoms with Gasteiger partial charge in [0.25, 0.3) is 0 Å². The molecule has 0 unspecified atom stereocenters. The minimum absolute atomic E-state index is 0.0292. The van der Waals surface area contributed by atoms with Crippen LogP contribution in [0.5, 0.6) is 5.75 Å². The van der Waals surface area contributed by atoms with Gasteiger partial charge in [-0.05, 0) is 17.7 Å². The first-order valence-electron chi connectivity index (χ1n) is 5.00. The number of hydrogen-bond donors (Lipinski definition) is 1. The van der Waals surface area contributed by atoms with Gasteiger partial charge in [0.2, 0.25) is 0 Å². The molecule has 0 atom stereocenters.